The van der Waals surface area contributed by atoms with Crippen molar-refractivity contribution >= 4 is 23.4 Å². The number of anilines is 1. The average Bonchev–Trinajstić information content (AvgIpc) is 3.13. The SMILES string of the molecule is CC(C)c1ccc(N2C(=O)CC(N(CCC3=CCCCC3)C(=O)c3ccccc3F)C2=O)cc1. The number of carbonyl (C=O) groups is 3. The molecule has 0 aromatic heterocycles. The molecule has 34 heavy (non-hydrogen) atoms. The van der Waals surface area contributed by atoms with Gasteiger partial charge in [0.25, 0.3) is 11.8 Å². The maximum Gasteiger partial charge on any atom is 0.257 e. The van der Waals surface area contributed by atoms with Crippen molar-refractivity contribution in [1.82, 2.24) is 4.90 Å². The average molecular weight is 463 g/mol. The van der Waals surface area contributed by atoms with Crippen molar-refractivity contribution in [2.24, 2.45) is 0 Å². The van der Waals surface area contributed by atoms with Gasteiger partial charge < -0.3 is 4.90 Å². The molecule has 1 aliphatic heterocycles. The van der Waals surface area contributed by atoms with Crippen LogP contribution in [0, 0.1) is 5.82 Å². The van der Waals surface area contributed by atoms with Crippen LogP contribution in [0.5, 0.6) is 0 Å². The van der Waals surface area contributed by atoms with Crippen LogP contribution < -0.4 is 4.90 Å². The monoisotopic (exact) mass is 462 g/mol. The maximum atomic E-state index is 14.5. The molecule has 0 radical (unpaired) electrons. The minimum atomic E-state index is -0.950. The molecule has 1 heterocycles. The van der Waals surface area contributed by atoms with Crippen LogP contribution >= 0.6 is 0 Å². The first kappa shape index (κ1) is 23.9. The summed E-state index contributed by atoms with van der Waals surface area (Å²) in [5.41, 5.74) is 2.77. The molecule has 0 spiro atoms. The smallest absolute Gasteiger partial charge is 0.257 e. The van der Waals surface area contributed by atoms with Crippen LogP contribution in [-0.2, 0) is 9.59 Å². The molecule has 1 fully saturated rings. The normalized spacial score (nSPS) is 18.4. The summed E-state index contributed by atoms with van der Waals surface area (Å²) in [6.45, 7) is 4.42. The number of imide groups is 1. The van der Waals surface area contributed by atoms with Crippen molar-refractivity contribution in [3.05, 3.63) is 77.1 Å². The Balaban J connectivity index is 1.61. The molecule has 1 saturated heterocycles. The third-order valence-corrected chi connectivity index (χ3v) is 6.74. The number of allylic oxidation sites excluding steroid dienone is 1. The fourth-order valence-corrected chi connectivity index (χ4v) is 4.72. The largest absolute Gasteiger partial charge is 0.326 e. The van der Waals surface area contributed by atoms with Crippen molar-refractivity contribution in [1.29, 1.82) is 0 Å². The molecule has 6 heteroatoms. The second-order valence-corrected chi connectivity index (χ2v) is 9.37. The van der Waals surface area contributed by atoms with Gasteiger partial charge in [-0.05, 0) is 67.9 Å². The van der Waals surface area contributed by atoms with Crippen LogP contribution in [0.25, 0.3) is 0 Å². The van der Waals surface area contributed by atoms with Crippen molar-refractivity contribution in [2.45, 2.75) is 64.3 Å². The highest BCUT2D eigenvalue weighted by atomic mass is 19.1. The summed E-state index contributed by atoms with van der Waals surface area (Å²) in [6, 6.07) is 12.2. The summed E-state index contributed by atoms with van der Waals surface area (Å²) in [5, 5.41) is 0. The Labute approximate surface area is 200 Å². The summed E-state index contributed by atoms with van der Waals surface area (Å²) in [5.74, 6) is -1.65. The van der Waals surface area contributed by atoms with Crippen LogP contribution in [0.1, 0.15) is 74.2 Å². The van der Waals surface area contributed by atoms with Crippen LogP contribution in [0.3, 0.4) is 0 Å². The fourth-order valence-electron chi connectivity index (χ4n) is 4.72. The van der Waals surface area contributed by atoms with Crippen molar-refractivity contribution in [3.63, 3.8) is 0 Å². The predicted molar refractivity (Wildman–Crippen MR) is 130 cm³/mol. The summed E-state index contributed by atoms with van der Waals surface area (Å²) in [6.07, 6.45) is 6.94. The lowest BCUT2D eigenvalue weighted by atomic mass is 9.96. The number of halogens is 1. The highest BCUT2D eigenvalue weighted by Crippen LogP contribution is 2.29. The van der Waals surface area contributed by atoms with Gasteiger partial charge in [0.1, 0.15) is 11.9 Å². The Morgan fingerprint density at radius 2 is 1.82 bits per heavy atom. The molecule has 2 aromatic carbocycles. The van der Waals surface area contributed by atoms with E-state index in [2.05, 4.69) is 19.9 Å². The molecule has 0 bridgehead atoms. The van der Waals surface area contributed by atoms with Gasteiger partial charge in [0, 0.05) is 6.54 Å². The van der Waals surface area contributed by atoms with Gasteiger partial charge in [0.05, 0.1) is 17.7 Å². The van der Waals surface area contributed by atoms with Crippen molar-refractivity contribution in [2.75, 3.05) is 11.4 Å². The van der Waals surface area contributed by atoms with E-state index in [0.717, 1.165) is 36.1 Å². The lowest BCUT2D eigenvalue weighted by Gasteiger charge is -2.29. The lowest BCUT2D eigenvalue weighted by molar-refractivity contribution is -0.122. The third kappa shape index (κ3) is 4.96. The number of nitrogens with zero attached hydrogens (tertiary/aromatic N) is 2. The van der Waals surface area contributed by atoms with E-state index in [1.165, 1.54) is 28.7 Å². The highest BCUT2D eigenvalue weighted by molar-refractivity contribution is 6.23. The molecule has 0 N–H and O–H groups in total. The van der Waals surface area contributed by atoms with Gasteiger partial charge in [0.15, 0.2) is 0 Å². The van der Waals surface area contributed by atoms with Gasteiger partial charge in [-0.25, -0.2) is 9.29 Å². The Morgan fingerprint density at radius 1 is 1.09 bits per heavy atom. The highest BCUT2D eigenvalue weighted by Gasteiger charge is 2.44. The van der Waals surface area contributed by atoms with Gasteiger partial charge in [-0.15, -0.1) is 0 Å². The molecule has 1 aliphatic carbocycles. The lowest BCUT2D eigenvalue weighted by Crippen LogP contribution is -2.46. The molecule has 3 amide bonds. The summed E-state index contributed by atoms with van der Waals surface area (Å²) >= 11 is 0. The summed E-state index contributed by atoms with van der Waals surface area (Å²) in [7, 11) is 0. The first-order valence-electron chi connectivity index (χ1n) is 12.1. The first-order chi connectivity index (χ1) is 16.4. The minimum Gasteiger partial charge on any atom is -0.326 e. The maximum absolute atomic E-state index is 14.5. The molecule has 1 unspecified atom stereocenters. The predicted octanol–water partition coefficient (Wildman–Crippen LogP) is 5.61. The zero-order chi connectivity index (χ0) is 24.2. The summed E-state index contributed by atoms with van der Waals surface area (Å²) < 4.78 is 14.5. The zero-order valence-electron chi connectivity index (χ0n) is 19.8. The molecule has 2 aliphatic rings. The molecule has 2 aromatic rings. The van der Waals surface area contributed by atoms with Gasteiger partial charge in [0.2, 0.25) is 5.91 Å². The van der Waals surface area contributed by atoms with Gasteiger partial charge in [-0.3, -0.25) is 14.4 Å². The molecule has 5 nitrogen and oxygen atoms in total. The number of rotatable bonds is 7. The Kier molecular flexibility index (Phi) is 7.25. The topological polar surface area (TPSA) is 57.7 Å². The Hall–Kier alpha value is -3.28. The van der Waals surface area contributed by atoms with Crippen molar-refractivity contribution in [3.8, 4) is 0 Å². The van der Waals surface area contributed by atoms with E-state index >= 15 is 0 Å². The van der Waals surface area contributed by atoms with E-state index in [1.54, 1.807) is 18.2 Å². The van der Waals surface area contributed by atoms with E-state index in [0.29, 0.717) is 18.0 Å². The van der Waals surface area contributed by atoms with Crippen LogP contribution in [0.4, 0.5) is 10.1 Å². The van der Waals surface area contributed by atoms with Crippen LogP contribution in [0.15, 0.2) is 60.2 Å². The second kappa shape index (κ2) is 10.3. The Bertz CT molecular complexity index is 1110. The number of hydrogen-bond donors (Lipinski definition) is 0. The molecule has 178 valence electrons. The van der Waals surface area contributed by atoms with Gasteiger partial charge in [-0.2, -0.15) is 0 Å². The van der Waals surface area contributed by atoms with Gasteiger partial charge in [-0.1, -0.05) is 49.8 Å². The Morgan fingerprint density at radius 3 is 2.47 bits per heavy atom. The van der Waals surface area contributed by atoms with Crippen LogP contribution in [-0.4, -0.2) is 35.2 Å². The quantitative estimate of drug-likeness (QED) is 0.397. The summed E-state index contributed by atoms with van der Waals surface area (Å²) in [4.78, 5) is 42.4. The third-order valence-electron chi connectivity index (χ3n) is 6.74. The number of carbonyl (C=O) groups excluding carboxylic acids is 3. The number of amides is 3. The zero-order valence-corrected chi connectivity index (χ0v) is 19.8. The van der Waals surface area contributed by atoms with E-state index < -0.39 is 23.7 Å². The van der Waals surface area contributed by atoms with Gasteiger partial charge >= 0.3 is 0 Å². The number of hydrogen-bond acceptors (Lipinski definition) is 3. The minimum absolute atomic E-state index is 0.0832. The van der Waals surface area contributed by atoms with Crippen LogP contribution in [0.2, 0.25) is 0 Å². The first-order valence-corrected chi connectivity index (χ1v) is 12.1. The van der Waals surface area contributed by atoms with E-state index in [4.69, 9.17) is 0 Å². The molecular formula is C28H31FN2O3. The molecule has 4 rings (SSSR count). The van der Waals surface area contributed by atoms with Crippen molar-refractivity contribution < 1.29 is 18.8 Å². The molecule has 0 saturated carbocycles. The molecular weight excluding hydrogens is 431 g/mol. The standard InChI is InChI=1S/C28H31FN2O3/c1-19(2)21-12-14-22(15-13-21)31-26(32)18-25(28(31)34)30(17-16-20-8-4-3-5-9-20)27(33)23-10-6-7-11-24(23)29/h6-8,10-15,19,25H,3-5,9,16-18H2,1-2H3. The number of benzene rings is 2. The second-order valence-electron chi connectivity index (χ2n) is 9.37. The fraction of sp³-hybridized carbons (Fsp3) is 0.393. The van der Waals surface area contributed by atoms with E-state index in [9.17, 15) is 18.8 Å². The van der Waals surface area contributed by atoms with E-state index in [1.807, 2.05) is 12.1 Å². The molecule has 1 atom stereocenters. The van der Waals surface area contributed by atoms with E-state index in [-0.39, 0.29) is 24.4 Å².